The van der Waals surface area contributed by atoms with E-state index in [-0.39, 0.29) is 22.9 Å². The van der Waals surface area contributed by atoms with Crippen LogP contribution in [0.5, 0.6) is 0 Å². The molecule has 5 N–H and O–H groups in total. The highest BCUT2D eigenvalue weighted by Crippen LogP contribution is 2.23. The SMILES string of the molecule is CC1(N)CCN(c2cnc(C(=N)OCc3ccccc3)c(N)n2)CC1. The Labute approximate surface area is 147 Å². The van der Waals surface area contributed by atoms with Gasteiger partial charge in [-0.1, -0.05) is 30.3 Å². The highest BCUT2D eigenvalue weighted by Gasteiger charge is 2.27. The lowest BCUT2D eigenvalue weighted by atomic mass is 9.91. The average Bonchev–Trinajstić information content (AvgIpc) is 2.60. The zero-order valence-electron chi connectivity index (χ0n) is 14.4. The third-order valence-corrected chi connectivity index (χ3v) is 4.46. The van der Waals surface area contributed by atoms with Gasteiger partial charge < -0.3 is 21.1 Å². The smallest absolute Gasteiger partial charge is 0.236 e. The highest BCUT2D eigenvalue weighted by molar-refractivity contribution is 5.94. The van der Waals surface area contributed by atoms with Crippen LogP contribution < -0.4 is 16.4 Å². The molecular formula is C18H24N6O. The first-order valence-electron chi connectivity index (χ1n) is 8.37. The minimum atomic E-state index is -0.122. The molecule has 0 radical (unpaired) electrons. The molecule has 132 valence electrons. The summed E-state index contributed by atoms with van der Waals surface area (Å²) >= 11 is 0. The Morgan fingerprint density at radius 1 is 1.28 bits per heavy atom. The Hall–Kier alpha value is -2.67. The number of nitrogens with zero attached hydrogens (tertiary/aromatic N) is 3. The first-order chi connectivity index (χ1) is 11.9. The van der Waals surface area contributed by atoms with Crippen LogP contribution in [0.3, 0.4) is 0 Å². The quantitative estimate of drug-likeness (QED) is 0.579. The second-order valence-electron chi connectivity index (χ2n) is 6.71. The maximum absolute atomic E-state index is 8.05. The summed E-state index contributed by atoms with van der Waals surface area (Å²) < 4.78 is 5.48. The second kappa shape index (κ2) is 7.06. The zero-order valence-corrected chi connectivity index (χ0v) is 14.4. The number of benzene rings is 1. The number of nitrogens with one attached hydrogen (secondary N) is 1. The highest BCUT2D eigenvalue weighted by atomic mass is 16.5. The average molecular weight is 340 g/mol. The predicted molar refractivity (Wildman–Crippen MR) is 98.5 cm³/mol. The molecule has 0 unspecified atom stereocenters. The molecule has 0 amide bonds. The van der Waals surface area contributed by atoms with Crippen molar-refractivity contribution in [1.29, 1.82) is 5.41 Å². The van der Waals surface area contributed by atoms with Crippen LogP contribution in [-0.4, -0.2) is 34.5 Å². The van der Waals surface area contributed by atoms with Crippen LogP contribution in [0.1, 0.15) is 31.0 Å². The van der Waals surface area contributed by atoms with E-state index in [2.05, 4.69) is 21.8 Å². The molecule has 25 heavy (non-hydrogen) atoms. The molecule has 1 fully saturated rings. The van der Waals surface area contributed by atoms with Crippen molar-refractivity contribution in [2.24, 2.45) is 5.73 Å². The molecule has 1 aromatic heterocycles. The molecule has 0 aliphatic carbocycles. The molecule has 7 heteroatoms. The molecule has 0 saturated carbocycles. The minimum Gasteiger partial charge on any atom is -0.472 e. The fraction of sp³-hybridized carbons (Fsp3) is 0.389. The number of rotatable bonds is 4. The van der Waals surface area contributed by atoms with E-state index in [4.69, 9.17) is 21.6 Å². The van der Waals surface area contributed by atoms with Gasteiger partial charge in [-0.2, -0.15) is 0 Å². The molecule has 1 aliphatic rings. The Kier molecular flexibility index (Phi) is 4.85. The van der Waals surface area contributed by atoms with Gasteiger partial charge in [0.05, 0.1) is 6.20 Å². The van der Waals surface area contributed by atoms with Crippen LogP contribution in [0.2, 0.25) is 0 Å². The van der Waals surface area contributed by atoms with Gasteiger partial charge in [0.25, 0.3) is 0 Å². The summed E-state index contributed by atoms with van der Waals surface area (Å²) in [6.45, 7) is 4.01. The van der Waals surface area contributed by atoms with E-state index in [1.807, 2.05) is 30.3 Å². The van der Waals surface area contributed by atoms with Crippen LogP contribution in [0, 0.1) is 5.41 Å². The van der Waals surface area contributed by atoms with Gasteiger partial charge in [-0.15, -0.1) is 0 Å². The van der Waals surface area contributed by atoms with Gasteiger partial charge in [0.15, 0.2) is 11.5 Å². The van der Waals surface area contributed by atoms with Crippen molar-refractivity contribution in [3.63, 3.8) is 0 Å². The number of nitrogen functional groups attached to an aromatic ring is 1. The Balaban J connectivity index is 1.64. The molecule has 0 atom stereocenters. The topological polar surface area (TPSA) is 114 Å². The van der Waals surface area contributed by atoms with Crippen LogP contribution >= 0.6 is 0 Å². The van der Waals surface area contributed by atoms with E-state index in [0.29, 0.717) is 12.4 Å². The van der Waals surface area contributed by atoms with Crippen molar-refractivity contribution >= 4 is 17.5 Å². The third kappa shape index (κ3) is 4.24. The van der Waals surface area contributed by atoms with Crippen molar-refractivity contribution in [2.45, 2.75) is 31.9 Å². The lowest BCUT2D eigenvalue weighted by Crippen LogP contribution is -2.48. The standard InChI is InChI=1S/C18H24N6O/c1-18(21)7-9-24(10-8-18)14-11-22-15(16(19)23-14)17(20)25-12-13-5-3-2-4-6-13/h2-6,11,20H,7-10,12,21H2,1H3,(H2,19,23). The number of piperidine rings is 1. The van der Waals surface area contributed by atoms with E-state index >= 15 is 0 Å². The van der Waals surface area contributed by atoms with Crippen LogP contribution in [0.25, 0.3) is 0 Å². The summed E-state index contributed by atoms with van der Waals surface area (Å²) in [4.78, 5) is 10.8. The fourth-order valence-electron chi connectivity index (χ4n) is 2.77. The summed E-state index contributed by atoms with van der Waals surface area (Å²) in [6.07, 6.45) is 3.43. The van der Waals surface area contributed by atoms with Crippen LogP contribution in [0.4, 0.5) is 11.6 Å². The molecule has 1 aliphatic heterocycles. The second-order valence-corrected chi connectivity index (χ2v) is 6.71. The third-order valence-electron chi connectivity index (χ3n) is 4.46. The van der Waals surface area contributed by atoms with Gasteiger partial charge in [0.1, 0.15) is 12.4 Å². The van der Waals surface area contributed by atoms with Gasteiger partial charge in [0.2, 0.25) is 5.90 Å². The van der Waals surface area contributed by atoms with E-state index in [9.17, 15) is 0 Å². The normalized spacial score (nSPS) is 16.5. The molecule has 0 bridgehead atoms. The van der Waals surface area contributed by atoms with E-state index in [0.717, 1.165) is 31.5 Å². The minimum absolute atomic E-state index is 0.0754. The van der Waals surface area contributed by atoms with Gasteiger partial charge in [-0.3, -0.25) is 5.41 Å². The van der Waals surface area contributed by atoms with Gasteiger partial charge in [-0.25, -0.2) is 9.97 Å². The Bertz CT molecular complexity index is 736. The number of nitrogens with two attached hydrogens (primary N) is 2. The molecule has 3 rings (SSSR count). The van der Waals surface area contributed by atoms with E-state index in [1.165, 1.54) is 0 Å². The maximum atomic E-state index is 8.05. The largest absolute Gasteiger partial charge is 0.472 e. The van der Waals surface area contributed by atoms with Crippen LogP contribution in [0.15, 0.2) is 36.5 Å². The Morgan fingerprint density at radius 2 is 1.96 bits per heavy atom. The number of hydrogen-bond acceptors (Lipinski definition) is 7. The number of anilines is 2. The summed E-state index contributed by atoms with van der Waals surface area (Å²) in [5.41, 5.74) is 13.3. The molecule has 2 heterocycles. The predicted octanol–water partition coefficient (Wildman–Crippen LogP) is 1.92. The molecule has 0 spiro atoms. The molecule has 1 saturated heterocycles. The molecular weight excluding hydrogens is 316 g/mol. The van der Waals surface area contributed by atoms with Crippen molar-refractivity contribution < 1.29 is 4.74 Å². The van der Waals surface area contributed by atoms with Gasteiger partial charge in [-0.05, 0) is 25.3 Å². The summed E-state index contributed by atoms with van der Waals surface area (Å²) in [6, 6.07) is 9.66. The van der Waals surface area contributed by atoms with E-state index < -0.39 is 0 Å². The molecule has 2 aromatic rings. The summed E-state index contributed by atoms with van der Waals surface area (Å²) in [5.74, 6) is 0.845. The van der Waals surface area contributed by atoms with Crippen LogP contribution in [-0.2, 0) is 11.3 Å². The lowest BCUT2D eigenvalue weighted by molar-refractivity contribution is 0.290. The fourth-order valence-corrected chi connectivity index (χ4v) is 2.77. The van der Waals surface area contributed by atoms with Gasteiger partial charge >= 0.3 is 0 Å². The first-order valence-corrected chi connectivity index (χ1v) is 8.37. The number of aromatic nitrogens is 2. The number of ether oxygens (including phenoxy) is 1. The zero-order chi connectivity index (χ0) is 17.9. The van der Waals surface area contributed by atoms with Crippen molar-refractivity contribution in [3.8, 4) is 0 Å². The van der Waals surface area contributed by atoms with Crippen molar-refractivity contribution in [2.75, 3.05) is 23.7 Å². The Morgan fingerprint density at radius 3 is 2.60 bits per heavy atom. The van der Waals surface area contributed by atoms with Crippen molar-refractivity contribution in [1.82, 2.24) is 9.97 Å². The molecule has 1 aromatic carbocycles. The summed E-state index contributed by atoms with van der Waals surface area (Å²) in [5, 5.41) is 8.05. The first kappa shape index (κ1) is 17.2. The van der Waals surface area contributed by atoms with Crippen molar-refractivity contribution in [3.05, 3.63) is 47.8 Å². The maximum Gasteiger partial charge on any atom is 0.236 e. The van der Waals surface area contributed by atoms with E-state index in [1.54, 1.807) is 6.20 Å². The molecule has 7 nitrogen and oxygen atoms in total. The summed E-state index contributed by atoms with van der Waals surface area (Å²) in [7, 11) is 0. The number of hydrogen-bond donors (Lipinski definition) is 3. The van der Waals surface area contributed by atoms with Gasteiger partial charge in [0, 0.05) is 18.6 Å². The monoisotopic (exact) mass is 340 g/mol. The lowest BCUT2D eigenvalue weighted by Gasteiger charge is -2.37.